The summed E-state index contributed by atoms with van der Waals surface area (Å²) < 4.78 is 6.87. The maximum absolute atomic E-state index is 13.8. The van der Waals surface area contributed by atoms with Gasteiger partial charge in [-0.25, -0.2) is 4.98 Å². The Morgan fingerprint density at radius 2 is 1.76 bits per heavy atom. The summed E-state index contributed by atoms with van der Waals surface area (Å²) in [5.41, 5.74) is 1.80. The number of benzene rings is 3. The van der Waals surface area contributed by atoms with Gasteiger partial charge in [-0.1, -0.05) is 41.9 Å². The predicted molar refractivity (Wildman–Crippen MR) is 153 cm³/mol. The molecule has 1 atom stereocenters. The molecule has 4 rings (SSSR count). The maximum Gasteiger partial charge on any atom is 0.266 e. The van der Waals surface area contributed by atoms with Gasteiger partial charge in [-0.15, -0.1) is 0 Å². The lowest BCUT2D eigenvalue weighted by atomic mass is 10.1. The van der Waals surface area contributed by atoms with Crippen LogP contribution in [0.15, 0.2) is 83.7 Å². The Morgan fingerprint density at radius 1 is 1.05 bits per heavy atom. The number of methoxy groups -OCH3 is 1. The van der Waals surface area contributed by atoms with E-state index in [1.54, 1.807) is 71.2 Å². The minimum Gasteiger partial charge on any atom is -0.497 e. The van der Waals surface area contributed by atoms with E-state index < -0.39 is 6.04 Å². The van der Waals surface area contributed by atoms with Crippen LogP contribution < -0.4 is 10.3 Å². The van der Waals surface area contributed by atoms with Gasteiger partial charge in [-0.05, 0) is 75.1 Å². The number of rotatable bonds is 9. The van der Waals surface area contributed by atoms with Gasteiger partial charge in [0, 0.05) is 24.2 Å². The number of carbonyl (C=O) groups excluding carboxylic acids is 1. The number of ether oxygens (including phenoxy) is 1. The number of carbonyl (C=O) groups is 1. The topological polar surface area (TPSA) is 67.7 Å². The lowest BCUT2D eigenvalue weighted by molar-refractivity contribution is -0.128. The fraction of sp³-hybridized carbons (Fsp3) is 0.233. The fourth-order valence-corrected chi connectivity index (χ4v) is 4.37. The first-order valence-corrected chi connectivity index (χ1v) is 12.7. The number of likely N-dealkylation sites (N-methyl/N-ethyl adjacent to an activating group) is 1. The van der Waals surface area contributed by atoms with Crippen molar-refractivity contribution in [1.82, 2.24) is 19.4 Å². The number of aromatic nitrogens is 2. The Morgan fingerprint density at radius 3 is 2.42 bits per heavy atom. The average molecular weight is 531 g/mol. The molecule has 0 radical (unpaired) electrons. The Kier molecular flexibility index (Phi) is 8.61. The summed E-state index contributed by atoms with van der Waals surface area (Å²) in [6.45, 7) is 2.97. The first-order valence-electron chi connectivity index (χ1n) is 12.3. The van der Waals surface area contributed by atoms with E-state index in [0.717, 1.165) is 5.56 Å². The van der Waals surface area contributed by atoms with Crippen molar-refractivity contribution >= 4 is 34.5 Å². The Labute approximate surface area is 227 Å². The summed E-state index contributed by atoms with van der Waals surface area (Å²) in [6.07, 6.45) is 3.36. The van der Waals surface area contributed by atoms with Crippen molar-refractivity contribution in [1.29, 1.82) is 0 Å². The molecule has 0 spiro atoms. The second-order valence-electron chi connectivity index (χ2n) is 9.22. The highest BCUT2D eigenvalue weighted by Gasteiger charge is 2.26. The number of halogens is 1. The van der Waals surface area contributed by atoms with Gasteiger partial charge in [0.25, 0.3) is 5.56 Å². The molecule has 0 fully saturated rings. The first-order chi connectivity index (χ1) is 18.3. The van der Waals surface area contributed by atoms with E-state index in [1.165, 1.54) is 0 Å². The summed E-state index contributed by atoms with van der Waals surface area (Å²) >= 11 is 6.25. The van der Waals surface area contributed by atoms with E-state index in [9.17, 15) is 9.59 Å². The van der Waals surface area contributed by atoms with Crippen LogP contribution in [0.2, 0.25) is 5.02 Å². The SMILES string of the molecule is COc1ccc(-n2c(C(C)N(CCN(C)C)C(=O)/C=C/c3ccccc3)nc3cc(Cl)ccc3c2=O)cc1. The van der Waals surface area contributed by atoms with Crippen LogP contribution in [0.1, 0.15) is 24.4 Å². The Hall–Kier alpha value is -3.94. The molecule has 4 aromatic rings. The molecule has 0 N–H and O–H groups in total. The number of hydrogen-bond acceptors (Lipinski definition) is 5. The molecule has 0 aliphatic rings. The molecular weight excluding hydrogens is 500 g/mol. The van der Waals surface area contributed by atoms with E-state index in [2.05, 4.69) is 0 Å². The standard InChI is InChI=1S/C30H31ClN4O3/c1-21(34(19-18-33(2)3)28(36)17-10-22-8-6-5-7-9-22)29-32-27-20-23(31)11-16-26(27)30(37)35(29)24-12-14-25(38-4)15-13-24/h5-17,20-21H,18-19H2,1-4H3/b17-10+. The predicted octanol–water partition coefficient (Wildman–Crippen LogP) is 5.21. The van der Waals surface area contributed by atoms with Gasteiger partial charge in [0.15, 0.2) is 0 Å². The molecule has 1 aromatic heterocycles. The highest BCUT2D eigenvalue weighted by atomic mass is 35.5. The second-order valence-corrected chi connectivity index (χ2v) is 9.66. The summed E-state index contributed by atoms with van der Waals surface area (Å²) in [7, 11) is 5.50. The van der Waals surface area contributed by atoms with Crippen LogP contribution in [0.25, 0.3) is 22.7 Å². The number of nitrogens with zero attached hydrogens (tertiary/aromatic N) is 4. The molecule has 0 aliphatic heterocycles. The van der Waals surface area contributed by atoms with E-state index in [4.69, 9.17) is 21.3 Å². The van der Waals surface area contributed by atoms with Crippen LogP contribution in [-0.4, -0.2) is 59.6 Å². The van der Waals surface area contributed by atoms with Crippen molar-refractivity contribution in [3.8, 4) is 11.4 Å². The molecule has 196 valence electrons. The van der Waals surface area contributed by atoms with Crippen LogP contribution in [0.5, 0.6) is 5.75 Å². The minimum absolute atomic E-state index is 0.176. The highest BCUT2D eigenvalue weighted by molar-refractivity contribution is 6.31. The molecule has 0 aliphatic carbocycles. The summed E-state index contributed by atoms with van der Waals surface area (Å²) in [5.74, 6) is 0.936. The zero-order valence-corrected chi connectivity index (χ0v) is 22.7. The summed E-state index contributed by atoms with van der Waals surface area (Å²) in [4.78, 5) is 36.0. The van der Waals surface area contributed by atoms with Gasteiger partial charge in [0.2, 0.25) is 5.91 Å². The molecular formula is C30H31ClN4O3. The van der Waals surface area contributed by atoms with Crippen molar-refractivity contribution in [2.24, 2.45) is 0 Å². The van der Waals surface area contributed by atoms with E-state index in [-0.39, 0.29) is 11.5 Å². The van der Waals surface area contributed by atoms with Crippen molar-refractivity contribution in [3.05, 3.63) is 106 Å². The summed E-state index contributed by atoms with van der Waals surface area (Å²) in [6, 6.07) is 21.4. The zero-order chi connectivity index (χ0) is 27.2. The first kappa shape index (κ1) is 27.1. The monoisotopic (exact) mass is 530 g/mol. The van der Waals surface area contributed by atoms with Gasteiger partial charge in [0.05, 0.1) is 29.7 Å². The Bertz CT molecular complexity index is 1500. The molecule has 0 saturated heterocycles. The lowest BCUT2D eigenvalue weighted by Gasteiger charge is -2.30. The molecule has 3 aromatic carbocycles. The molecule has 1 heterocycles. The average Bonchev–Trinajstić information content (AvgIpc) is 2.92. The van der Waals surface area contributed by atoms with Crippen molar-refractivity contribution < 1.29 is 9.53 Å². The molecule has 0 bridgehead atoms. The van der Waals surface area contributed by atoms with E-state index in [1.807, 2.05) is 56.3 Å². The van der Waals surface area contributed by atoms with E-state index >= 15 is 0 Å². The maximum atomic E-state index is 13.8. The van der Waals surface area contributed by atoms with Crippen LogP contribution >= 0.6 is 11.6 Å². The van der Waals surface area contributed by atoms with Crippen molar-refractivity contribution in [2.45, 2.75) is 13.0 Å². The van der Waals surface area contributed by atoms with Gasteiger partial charge >= 0.3 is 0 Å². The van der Waals surface area contributed by atoms with Crippen LogP contribution in [-0.2, 0) is 4.79 Å². The smallest absolute Gasteiger partial charge is 0.266 e. The summed E-state index contributed by atoms with van der Waals surface area (Å²) in [5, 5.41) is 0.924. The number of fused-ring (bicyclic) bond motifs is 1. The van der Waals surface area contributed by atoms with Gasteiger partial charge in [0.1, 0.15) is 11.6 Å². The molecule has 0 saturated carbocycles. The zero-order valence-electron chi connectivity index (χ0n) is 22.0. The normalized spacial score (nSPS) is 12.3. The largest absolute Gasteiger partial charge is 0.497 e. The molecule has 7 nitrogen and oxygen atoms in total. The fourth-order valence-electron chi connectivity index (χ4n) is 4.21. The third-order valence-corrected chi connectivity index (χ3v) is 6.55. The molecule has 1 amide bonds. The van der Waals surface area contributed by atoms with Crippen LogP contribution in [0.3, 0.4) is 0 Å². The number of amides is 1. The number of hydrogen-bond donors (Lipinski definition) is 0. The minimum atomic E-state index is -0.527. The van der Waals surface area contributed by atoms with Crippen LogP contribution in [0, 0.1) is 0 Å². The molecule has 8 heteroatoms. The third-order valence-electron chi connectivity index (χ3n) is 6.32. The highest BCUT2D eigenvalue weighted by Crippen LogP contribution is 2.25. The molecule has 38 heavy (non-hydrogen) atoms. The lowest BCUT2D eigenvalue weighted by Crippen LogP contribution is -2.40. The van der Waals surface area contributed by atoms with Gasteiger partial charge in [-0.2, -0.15) is 0 Å². The third kappa shape index (κ3) is 6.13. The quantitative estimate of drug-likeness (QED) is 0.278. The van der Waals surface area contributed by atoms with Gasteiger partial charge in [-0.3, -0.25) is 14.2 Å². The van der Waals surface area contributed by atoms with E-state index in [0.29, 0.717) is 46.3 Å². The van der Waals surface area contributed by atoms with Gasteiger partial charge < -0.3 is 14.5 Å². The second kappa shape index (κ2) is 12.1. The molecule has 1 unspecified atom stereocenters. The van der Waals surface area contributed by atoms with Crippen LogP contribution in [0.4, 0.5) is 0 Å². The van der Waals surface area contributed by atoms with Crippen molar-refractivity contribution in [2.75, 3.05) is 34.3 Å². The van der Waals surface area contributed by atoms with Crippen molar-refractivity contribution in [3.63, 3.8) is 0 Å². The Balaban J connectivity index is 1.84.